The molecule has 0 saturated heterocycles. The van der Waals surface area contributed by atoms with Crippen molar-refractivity contribution < 1.29 is 0 Å². The summed E-state index contributed by atoms with van der Waals surface area (Å²) in [6.45, 7) is 7.46. The maximum Gasteiger partial charge on any atom is 0.0898 e. The molecule has 4 heteroatoms. The van der Waals surface area contributed by atoms with E-state index >= 15 is 0 Å². The molecule has 0 amide bonds. The van der Waals surface area contributed by atoms with Gasteiger partial charge in [-0.2, -0.15) is 0 Å². The fourth-order valence-corrected chi connectivity index (χ4v) is 3.25. The molecular weight excluding hydrogens is 248 g/mol. The molecule has 1 unspecified atom stereocenters. The minimum Gasteiger partial charge on any atom is -0.305 e. The van der Waals surface area contributed by atoms with Crippen molar-refractivity contribution in [2.75, 3.05) is 6.54 Å². The average molecular weight is 266 g/mol. The molecule has 0 fully saturated rings. The van der Waals surface area contributed by atoms with E-state index in [0.29, 0.717) is 0 Å². The molecule has 92 valence electrons. The van der Waals surface area contributed by atoms with Crippen molar-refractivity contribution in [1.82, 2.24) is 10.3 Å². The van der Waals surface area contributed by atoms with Crippen LogP contribution in [-0.2, 0) is 0 Å². The van der Waals surface area contributed by atoms with Crippen molar-refractivity contribution in [2.24, 2.45) is 0 Å². The van der Waals surface area contributed by atoms with E-state index in [4.69, 9.17) is 0 Å². The van der Waals surface area contributed by atoms with Gasteiger partial charge < -0.3 is 5.32 Å². The van der Waals surface area contributed by atoms with Gasteiger partial charge in [0.15, 0.2) is 0 Å². The van der Waals surface area contributed by atoms with Gasteiger partial charge in [-0.1, -0.05) is 6.92 Å². The second-order valence-electron chi connectivity index (χ2n) is 4.11. The monoisotopic (exact) mass is 266 g/mol. The van der Waals surface area contributed by atoms with Crippen molar-refractivity contribution >= 4 is 22.7 Å². The van der Waals surface area contributed by atoms with Crippen LogP contribution in [0.2, 0.25) is 0 Å². The summed E-state index contributed by atoms with van der Waals surface area (Å²) >= 11 is 3.52. The van der Waals surface area contributed by atoms with E-state index < -0.39 is 0 Å². The van der Waals surface area contributed by atoms with Crippen LogP contribution in [0, 0.1) is 13.8 Å². The summed E-state index contributed by atoms with van der Waals surface area (Å²) < 4.78 is 0. The van der Waals surface area contributed by atoms with Gasteiger partial charge in [-0.05, 0) is 43.8 Å². The first-order valence-corrected chi connectivity index (χ1v) is 7.67. The van der Waals surface area contributed by atoms with Crippen LogP contribution in [-0.4, -0.2) is 11.5 Å². The maximum absolute atomic E-state index is 4.62. The van der Waals surface area contributed by atoms with E-state index in [2.05, 4.69) is 47.9 Å². The average Bonchev–Trinajstić information content (AvgIpc) is 2.90. The zero-order chi connectivity index (χ0) is 12.3. The first kappa shape index (κ1) is 12.7. The maximum atomic E-state index is 4.62. The second kappa shape index (κ2) is 5.76. The summed E-state index contributed by atoms with van der Waals surface area (Å²) in [6.07, 6.45) is 1.14. The van der Waals surface area contributed by atoms with Gasteiger partial charge in [0.25, 0.3) is 0 Å². The molecule has 0 spiro atoms. The summed E-state index contributed by atoms with van der Waals surface area (Å²) in [5.41, 5.74) is 2.52. The number of thiazole rings is 1. The Balaban J connectivity index is 2.28. The topological polar surface area (TPSA) is 24.9 Å². The number of nitrogens with zero attached hydrogens (tertiary/aromatic N) is 1. The lowest BCUT2D eigenvalue weighted by Gasteiger charge is -2.16. The van der Waals surface area contributed by atoms with Gasteiger partial charge in [0.2, 0.25) is 0 Å². The second-order valence-corrected chi connectivity index (χ2v) is 6.29. The van der Waals surface area contributed by atoms with Crippen molar-refractivity contribution in [3.05, 3.63) is 38.0 Å². The zero-order valence-corrected chi connectivity index (χ0v) is 12.1. The number of hydrogen-bond donors (Lipinski definition) is 1. The molecule has 0 aliphatic rings. The van der Waals surface area contributed by atoms with Crippen LogP contribution in [0.25, 0.3) is 0 Å². The molecule has 2 heterocycles. The molecule has 0 aliphatic carbocycles. The highest BCUT2D eigenvalue weighted by Crippen LogP contribution is 2.28. The first-order valence-electron chi connectivity index (χ1n) is 5.91. The lowest BCUT2D eigenvalue weighted by atomic mass is 10.1. The lowest BCUT2D eigenvalue weighted by molar-refractivity contribution is 0.588. The predicted molar refractivity (Wildman–Crippen MR) is 76.0 cm³/mol. The smallest absolute Gasteiger partial charge is 0.0898 e. The molecule has 0 radical (unpaired) electrons. The van der Waals surface area contributed by atoms with E-state index in [1.54, 1.807) is 22.7 Å². The van der Waals surface area contributed by atoms with Crippen LogP contribution in [0.3, 0.4) is 0 Å². The van der Waals surface area contributed by atoms with Crippen LogP contribution in [0.15, 0.2) is 16.8 Å². The summed E-state index contributed by atoms with van der Waals surface area (Å²) in [6, 6.07) is 2.47. The van der Waals surface area contributed by atoms with E-state index in [1.807, 2.05) is 0 Å². The summed E-state index contributed by atoms with van der Waals surface area (Å²) in [7, 11) is 0. The Kier molecular flexibility index (Phi) is 4.31. The Hall–Kier alpha value is -0.710. The Bertz CT molecular complexity index is 473. The van der Waals surface area contributed by atoms with Gasteiger partial charge >= 0.3 is 0 Å². The van der Waals surface area contributed by atoms with Crippen LogP contribution in [0.1, 0.15) is 40.5 Å². The molecule has 0 bridgehead atoms. The van der Waals surface area contributed by atoms with Gasteiger partial charge in [-0.15, -0.1) is 22.7 Å². The number of rotatable bonds is 5. The van der Waals surface area contributed by atoms with Crippen LogP contribution in [0.5, 0.6) is 0 Å². The fraction of sp³-hybridized carbons (Fsp3) is 0.462. The molecule has 0 aliphatic heterocycles. The van der Waals surface area contributed by atoms with E-state index in [-0.39, 0.29) is 6.04 Å². The molecule has 2 rings (SSSR count). The highest BCUT2D eigenvalue weighted by Gasteiger charge is 2.18. The third kappa shape index (κ3) is 2.94. The van der Waals surface area contributed by atoms with Crippen molar-refractivity contribution in [1.29, 1.82) is 0 Å². The van der Waals surface area contributed by atoms with Crippen molar-refractivity contribution in [3.8, 4) is 0 Å². The largest absolute Gasteiger partial charge is 0.305 e. The third-order valence-corrected chi connectivity index (χ3v) is 4.39. The van der Waals surface area contributed by atoms with Gasteiger partial charge in [-0.25, -0.2) is 4.98 Å². The minimum atomic E-state index is 0.256. The van der Waals surface area contributed by atoms with Gasteiger partial charge in [0.1, 0.15) is 0 Å². The number of aromatic nitrogens is 1. The Morgan fingerprint density at radius 2 is 2.18 bits per heavy atom. The molecule has 0 aromatic carbocycles. The Labute approximate surface area is 111 Å². The van der Waals surface area contributed by atoms with Gasteiger partial charge in [-0.3, -0.25) is 0 Å². The summed E-state index contributed by atoms with van der Waals surface area (Å²) in [4.78, 5) is 6.00. The number of hydrogen-bond acceptors (Lipinski definition) is 4. The molecular formula is C13H18N2S2. The van der Waals surface area contributed by atoms with Crippen molar-refractivity contribution in [2.45, 2.75) is 33.2 Å². The molecule has 1 N–H and O–H groups in total. The predicted octanol–water partition coefficient (Wildman–Crippen LogP) is 3.91. The molecule has 0 saturated carbocycles. The number of nitrogens with one attached hydrogen (secondary N) is 1. The standard InChI is InChI=1S/C13H18N2S2/c1-4-6-14-13(11-5-7-16-9(11)2)12-8-17-10(3)15-12/h5,7-8,13-14H,4,6H2,1-3H3. The van der Waals surface area contributed by atoms with Crippen molar-refractivity contribution in [3.63, 3.8) is 0 Å². The van der Waals surface area contributed by atoms with Gasteiger partial charge in [0.05, 0.1) is 16.7 Å². The third-order valence-electron chi connectivity index (χ3n) is 2.74. The Morgan fingerprint density at radius 3 is 2.71 bits per heavy atom. The number of thiophene rings is 1. The molecule has 1 atom stereocenters. The molecule has 2 aromatic rings. The zero-order valence-electron chi connectivity index (χ0n) is 10.5. The highest BCUT2D eigenvalue weighted by molar-refractivity contribution is 7.10. The lowest BCUT2D eigenvalue weighted by Crippen LogP contribution is -2.23. The molecule has 2 aromatic heterocycles. The molecule has 17 heavy (non-hydrogen) atoms. The summed E-state index contributed by atoms with van der Waals surface area (Å²) in [5, 5.41) is 9.05. The quantitative estimate of drug-likeness (QED) is 0.887. The van der Waals surface area contributed by atoms with E-state index in [9.17, 15) is 0 Å². The fourth-order valence-electron chi connectivity index (χ4n) is 1.87. The van der Waals surface area contributed by atoms with E-state index in [1.165, 1.54) is 10.4 Å². The van der Waals surface area contributed by atoms with Crippen LogP contribution < -0.4 is 5.32 Å². The van der Waals surface area contributed by atoms with Gasteiger partial charge in [0, 0.05) is 10.3 Å². The minimum absolute atomic E-state index is 0.256. The SMILES string of the molecule is CCCNC(c1csc(C)n1)c1ccsc1C. The molecule has 2 nitrogen and oxygen atoms in total. The van der Waals surface area contributed by atoms with E-state index in [0.717, 1.165) is 23.7 Å². The van der Waals surface area contributed by atoms with Crippen LogP contribution >= 0.6 is 22.7 Å². The highest BCUT2D eigenvalue weighted by atomic mass is 32.1. The summed E-state index contributed by atoms with van der Waals surface area (Å²) in [5.74, 6) is 0. The Morgan fingerprint density at radius 1 is 1.35 bits per heavy atom. The number of aryl methyl sites for hydroxylation is 2. The van der Waals surface area contributed by atoms with Crippen LogP contribution in [0.4, 0.5) is 0 Å². The normalized spacial score (nSPS) is 12.9. The first-order chi connectivity index (χ1) is 8.22.